The van der Waals surface area contributed by atoms with E-state index in [0.717, 1.165) is 13.1 Å². The summed E-state index contributed by atoms with van der Waals surface area (Å²) in [5, 5.41) is 3.57. The Bertz CT molecular complexity index is 354. The molecule has 2 nitrogen and oxygen atoms in total. The number of aryl methyl sites for hydroxylation is 2. The number of benzene rings is 1. The molecule has 0 saturated heterocycles. The average Bonchev–Trinajstić information content (AvgIpc) is 2.29. The zero-order valence-corrected chi connectivity index (χ0v) is 12.6. The predicted molar refractivity (Wildman–Crippen MR) is 81.6 cm³/mol. The first-order valence-electron chi connectivity index (χ1n) is 7.10. The van der Waals surface area contributed by atoms with Crippen molar-refractivity contribution in [2.24, 2.45) is 0 Å². The van der Waals surface area contributed by atoms with Gasteiger partial charge in [0.1, 0.15) is 0 Å². The van der Waals surface area contributed by atoms with E-state index in [1.807, 2.05) is 0 Å². The number of likely N-dealkylation sites (N-methyl/N-ethyl adjacent to an activating group) is 2. The molecule has 1 aromatic rings. The number of anilines is 1. The maximum Gasteiger partial charge on any atom is 0.0394 e. The quantitative estimate of drug-likeness (QED) is 0.794. The molecule has 102 valence electrons. The van der Waals surface area contributed by atoms with E-state index in [9.17, 15) is 0 Å². The minimum Gasteiger partial charge on any atom is -0.373 e. The van der Waals surface area contributed by atoms with Gasteiger partial charge >= 0.3 is 0 Å². The number of nitrogens with zero attached hydrogens (tertiary/aromatic N) is 1. The van der Waals surface area contributed by atoms with Gasteiger partial charge in [-0.15, -0.1) is 0 Å². The molecule has 18 heavy (non-hydrogen) atoms. The maximum absolute atomic E-state index is 3.57. The van der Waals surface area contributed by atoms with Crippen molar-refractivity contribution in [1.29, 1.82) is 0 Å². The minimum absolute atomic E-state index is 0.589. The monoisotopic (exact) mass is 248 g/mol. The van der Waals surface area contributed by atoms with Crippen LogP contribution in [0.1, 0.15) is 37.8 Å². The molecule has 0 aliphatic rings. The molecule has 0 aliphatic carbocycles. The summed E-state index contributed by atoms with van der Waals surface area (Å²) in [5.41, 5.74) is 4.05. The summed E-state index contributed by atoms with van der Waals surface area (Å²) in [7, 11) is 2.19. The van der Waals surface area contributed by atoms with E-state index in [1.54, 1.807) is 0 Å². The predicted octanol–water partition coefficient (Wildman–Crippen LogP) is 3.52. The Morgan fingerprint density at radius 1 is 1.22 bits per heavy atom. The summed E-state index contributed by atoms with van der Waals surface area (Å²) in [4.78, 5) is 2.37. The molecule has 0 saturated carbocycles. The highest BCUT2D eigenvalue weighted by atomic mass is 15.1. The largest absolute Gasteiger partial charge is 0.373 e. The molecule has 0 spiro atoms. The van der Waals surface area contributed by atoms with Gasteiger partial charge in [-0.2, -0.15) is 0 Å². The van der Waals surface area contributed by atoms with E-state index in [-0.39, 0.29) is 0 Å². The topological polar surface area (TPSA) is 15.3 Å². The lowest BCUT2D eigenvalue weighted by molar-refractivity contribution is 0.488. The van der Waals surface area contributed by atoms with Crippen LogP contribution in [0.4, 0.5) is 5.69 Å². The van der Waals surface area contributed by atoms with Gasteiger partial charge in [-0.05, 0) is 38.4 Å². The smallest absolute Gasteiger partial charge is 0.0394 e. The molecule has 0 aliphatic heterocycles. The van der Waals surface area contributed by atoms with Crippen molar-refractivity contribution in [2.45, 2.75) is 46.6 Å². The lowest BCUT2D eigenvalue weighted by atomic mass is 10.1. The molecule has 1 unspecified atom stereocenters. The molecule has 1 N–H and O–H groups in total. The van der Waals surface area contributed by atoms with Crippen LogP contribution < -0.4 is 10.2 Å². The van der Waals surface area contributed by atoms with E-state index in [1.165, 1.54) is 29.7 Å². The van der Waals surface area contributed by atoms with E-state index in [4.69, 9.17) is 0 Å². The van der Waals surface area contributed by atoms with Gasteiger partial charge < -0.3 is 10.2 Å². The molecule has 1 aromatic carbocycles. The van der Waals surface area contributed by atoms with Crippen LogP contribution in [0.5, 0.6) is 0 Å². The van der Waals surface area contributed by atoms with Crippen molar-refractivity contribution < 1.29 is 0 Å². The Kier molecular flexibility index (Phi) is 6.20. The SMILES string of the molecule is CCCC(CN(C)c1ccc(C)cc1C)NCC. The van der Waals surface area contributed by atoms with Crippen molar-refractivity contribution in [3.8, 4) is 0 Å². The van der Waals surface area contributed by atoms with Crippen LogP contribution in [0.2, 0.25) is 0 Å². The zero-order chi connectivity index (χ0) is 13.5. The van der Waals surface area contributed by atoms with Crippen LogP contribution in [0.15, 0.2) is 18.2 Å². The highest BCUT2D eigenvalue weighted by Gasteiger charge is 2.11. The summed E-state index contributed by atoms with van der Waals surface area (Å²) in [5.74, 6) is 0. The second-order valence-electron chi connectivity index (χ2n) is 5.21. The van der Waals surface area contributed by atoms with Crippen LogP contribution in [-0.4, -0.2) is 26.2 Å². The molecule has 0 fully saturated rings. The van der Waals surface area contributed by atoms with Gasteiger partial charge in [0, 0.05) is 25.3 Å². The van der Waals surface area contributed by atoms with Crippen LogP contribution in [-0.2, 0) is 0 Å². The van der Waals surface area contributed by atoms with Crippen molar-refractivity contribution in [3.63, 3.8) is 0 Å². The van der Waals surface area contributed by atoms with E-state index in [0.29, 0.717) is 6.04 Å². The van der Waals surface area contributed by atoms with Gasteiger partial charge in [0.2, 0.25) is 0 Å². The second-order valence-corrected chi connectivity index (χ2v) is 5.21. The highest BCUT2D eigenvalue weighted by molar-refractivity contribution is 5.53. The molecule has 2 heteroatoms. The molecule has 0 aromatic heterocycles. The summed E-state index contributed by atoms with van der Waals surface area (Å²) < 4.78 is 0. The normalized spacial score (nSPS) is 12.5. The third-order valence-electron chi connectivity index (χ3n) is 3.39. The summed E-state index contributed by atoms with van der Waals surface area (Å²) in [6.07, 6.45) is 2.47. The van der Waals surface area contributed by atoms with Crippen LogP contribution in [0.25, 0.3) is 0 Å². The van der Waals surface area contributed by atoms with Gasteiger partial charge in [0.15, 0.2) is 0 Å². The fraction of sp³-hybridized carbons (Fsp3) is 0.625. The van der Waals surface area contributed by atoms with Crippen LogP contribution in [0.3, 0.4) is 0 Å². The van der Waals surface area contributed by atoms with Gasteiger partial charge in [-0.1, -0.05) is 38.0 Å². The fourth-order valence-electron chi connectivity index (χ4n) is 2.56. The van der Waals surface area contributed by atoms with E-state index < -0.39 is 0 Å². The molecule has 1 atom stereocenters. The van der Waals surface area contributed by atoms with Gasteiger partial charge in [-0.3, -0.25) is 0 Å². The van der Waals surface area contributed by atoms with Crippen molar-refractivity contribution in [2.75, 3.05) is 25.0 Å². The van der Waals surface area contributed by atoms with Gasteiger partial charge in [-0.25, -0.2) is 0 Å². The lowest BCUT2D eigenvalue weighted by Gasteiger charge is -2.27. The van der Waals surface area contributed by atoms with E-state index >= 15 is 0 Å². The van der Waals surface area contributed by atoms with Gasteiger partial charge in [0.05, 0.1) is 0 Å². The molecule has 0 radical (unpaired) electrons. The summed E-state index contributed by atoms with van der Waals surface area (Å²) in [6, 6.07) is 7.28. The molecular formula is C16H28N2. The summed E-state index contributed by atoms with van der Waals surface area (Å²) in [6.45, 7) is 10.9. The first kappa shape index (κ1) is 15.0. The average molecular weight is 248 g/mol. The first-order chi connectivity index (χ1) is 8.58. The third kappa shape index (κ3) is 4.34. The Hall–Kier alpha value is -1.02. The number of hydrogen-bond acceptors (Lipinski definition) is 2. The Morgan fingerprint density at radius 2 is 1.94 bits per heavy atom. The Labute approximate surface area is 112 Å². The zero-order valence-electron chi connectivity index (χ0n) is 12.6. The Morgan fingerprint density at radius 3 is 2.50 bits per heavy atom. The molecule has 1 rings (SSSR count). The second kappa shape index (κ2) is 7.42. The van der Waals surface area contributed by atoms with Crippen molar-refractivity contribution in [1.82, 2.24) is 5.32 Å². The first-order valence-corrected chi connectivity index (χ1v) is 7.10. The van der Waals surface area contributed by atoms with E-state index in [2.05, 4.69) is 63.2 Å². The fourth-order valence-corrected chi connectivity index (χ4v) is 2.56. The lowest BCUT2D eigenvalue weighted by Crippen LogP contribution is -2.39. The molecular weight excluding hydrogens is 220 g/mol. The van der Waals surface area contributed by atoms with Gasteiger partial charge in [0.25, 0.3) is 0 Å². The number of rotatable bonds is 7. The highest BCUT2D eigenvalue weighted by Crippen LogP contribution is 2.20. The standard InChI is InChI=1S/C16H28N2/c1-6-8-15(17-7-2)12-18(5)16-10-9-13(3)11-14(16)4/h9-11,15,17H,6-8,12H2,1-5H3. The molecule has 0 bridgehead atoms. The van der Waals surface area contributed by atoms with Crippen molar-refractivity contribution in [3.05, 3.63) is 29.3 Å². The number of hydrogen-bond donors (Lipinski definition) is 1. The molecule has 0 amide bonds. The number of nitrogens with one attached hydrogen (secondary N) is 1. The third-order valence-corrected chi connectivity index (χ3v) is 3.39. The molecule has 0 heterocycles. The maximum atomic E-state index is 3.57. The van der Waals surface area contributed by atoms with Crippen molar-refractivity contribution >= 4 is 5.69 Å². The van der Waals surface area contributed by atoms with Crippen LogP contribution in [0, 0.1) is 13.8 Å². The van der Waals surface area contributed by atoms with Crippen LogP contribution >= 0.6 is 0 Å². The summed E-state index contributed by atoms with van der Waals surface area (Å²) >= 11 is 0. The Balaban J connectivity index is 2.70. The minimum atomic E-state index is 0.589.